The third-order valence-corrected chi connectivity index (χ3v) is 10.6. The van der Waals surface area contributed by atoms with Crippen molar-refractivity contribution in [2.24, 2.45) is 0 Å². The van der Waals surface area contributed by atoms with E-state index in [0.29, 0.717) is 12.8 Å². The van der Waals surface area contributed by atoms with Gasteiger partial charge in [-0.3, -0.25) is 18.6 Å². The lowest BCUT2D eigenvalue weighted by Crippen LogP contribution is -2.29. The molecular formula is C44H83O10P. The monoisotopic (exact) mass is 803 g/mol. The van der Waals surface area contributed by atoms with Gasteiger partial charge in [0.1, 0.15) is 12.7 Å². The van der Waals surface area contributed by atoms with Crippen molar-refractivity contribution in [3.8, 4) is 0 Å². The highest BCUT2D eigenvalue weighted by atomic mass is 31.2. The van der Waals surface area contributed by atoms with Gasteiger partial charge in [0.2, 0.25) is 0 Å². The number of ether oxygens (including phenoxy) is 2. The lowest BCUT2D eigenvalue weighted by molar-refractivity contribution is -0.161. The average molecular weight is 803 g/mol. The summed E-state index contributed by atoms with van der Waals surface area (Å²) in [5.41, 5.74) is 0. The van der Waals surface area contributed by atoms with Crippen molar-refractivity contribution >= 4 is 19.8 Å². The molecular weight excluding hydrogens is 719 g/mol. The summed E-state index contributed by atoms with van der Waals surface area (Å²) in [5, 5.41) is 18.3. The highest BCUT2D eigenvalue weighted by Crippen LogP contribution is 2.43. The molecule has 0 saturated carbocycles. The van der Waals surface area contributed by atoms with Gasteiger partial charge in [-0.1, -0.05) is 173 Å². The number of unbranched alkanes of at least 4 members (excludes halogenated alkanes) is 24. The maximum absolute atomic E-state index is 12.6. The summed E-state index contributed by atoms with van der Waals surface area (Å²) in [6.07, 6.45) is 39.9. The minimum Gasteiger partial charge on any atom is -0.462 e. The Morgan fingerprint density at radius 1 is 0.545 bits per heavy atom. The predicted molar refractivity (Wildman–Crippen MR) is 224 cm³/mol. The van der Waals surface area contributed by atoms with Gasteiger partial charge < -0.3 is 24.6 Å². The number of phosphoric ester groups is 1. The molecule has 0 saturated heterocycles. The molecule has 0 rings (SSSR count). The molecule has 3 atom stereocenters. The van der Waals surface area contributed by atoms with Crippen molar-refractivity contribution in [1.82, 2.24) is 0 Å². The molecule has 0 aliphatic rings. The van der Waals surface area contributed by atoms with Crippen LogP contribution in [0.1, 0.15) is 206 Å². The van der Waals surface area contributed by atoms with E-state index in [4.69, 9.17) is 23.6 Å². The Kier molecular flexibility index (Phi) is 39.5. The van der Waals surface area contributed by atoms with Crippen LogP contribution in [0.4, 0.5) is 0 Å². The van der Waals surface area contributed by atoms with E-state index in [2.05, 4.69) is 38.2 Å². The molecule has 0 amide bonds. The molecule has 0 aliphatic heterocycles. The zero-order valence-electron chi connectivity index (χ0n) is 35.2. The zero-order valence-corrected chi connectivity index (χ0v) is 36.0. The molecule has 0 fully saturated rings. The molecule has 1 unspecified atom stereocenters. The van der Waals surface area contributed by atoms with Crippen molar-refractivity contribution in [3.63, 3.8) is 0 Å². The molecule has 0 heterocycles. The van der Waals surface area contributed by atoms with Gasteiger partial charge in [0.15, 0.2) is 6.10 Å². The Morgan fingerprint density at radius 3 is 1.44 bits per heavy atom. The Morgan fingerprint density at radius 2 is 0.945 bits per heavy atom. The normalized spacial score (nSPS) is 14.1. The minimum absolute atomic E-state index is 0.186. The van der Waals surface area contributed by atoms with Crippen molar-refractivity contribution in [1.29, 1.82) is 0 Å². The lowest BCUT2D eigenvalue weighted by Gasteiger charge is -2.20. The number of phosphoric acid groups is 1. The van der Waals surface area contributed by atoms with E-state index in [1.165, 1.54) is 109 Å². The summed E-state index contributed by atoms with van der Waals surface area (Å²) in [5.74, 6) is -0.932. The molecule has 11 heteroatoms. The van der Waals surface area contributed by atoms with E-state index in [9.17, 15) is 24.2 Å². The van der Waals surface area contributed by atoms with Crippen LogP contribution >= 0.6 is 7.82 Å². The van der Waals surface area contributed by atoms with Crippen LogP contribution in [0.25, 0.3) is 0 Å². The highest BCUT2D eigenvalue weighted by molar-refractivity contribution is 7.47. The second-order valence-corrected chi connectivity index (χ2v) is 16.5. The van der Waals surface area contributed by atoms with Crippen LogP contribution in [0.5, 0.6) is 0 Å². The number of aliphatic hydroxyl groups is 2. The maximum atomic E-state index is 12.6. The summed E-state index contributed by atoms with van der Waals surface area (Å²) >= 11 is 0. The van der Waals surface area contributed by atoms with Crippen LogP contribution in [0.15, 0.2) is 24.3 Å². The fourth-order valence-electron chi connectivity index (χ4n) is 6.14. The second kappa shape index (κ2) is 40.6. The second-order valence-electron chi connectivity index (χ2n) is 15.1. The van der Waals surface area contributed by atoms with Gasteiger partial charge in [-0.05, 0) is 44.9 Å². The first kappa shape index (κ1) is 53.5. The van der Waals surface area contributed by atoms with E-state index in [1.54, 1.807) is 0 Å². The van der Waals surface area contributed by atoms with E-state index in [1.807, 2.05) is 0 Å². The van der Waals surface area contributed by atoms with Crippen LogP contribution in [0.2, 0.25) is 0 Å². The van der Waals surface area contributed by atoms with Crippen LogP contribution < -0.4 is 0 Å². The Labute approximate surface area is 336 Å². The number of allylic oxidation sites excluding steroid dienone is 4. The summed E-state index contributed by atoms with van der Waals surface area (Å²) < 4.78 is 32.7. The number of hydrogen-bond donors (Lipinski definition) is 3. The third-order valence-electron chi connectivity index (χ3n) is 9.61. The average Bonchev–Trinajstić information content (AvgIpc) is 3.17. The first-order valence-corrected chi connectivity index (χ1v) is 23.8. The summed E-state index contributed by atoms with van der Waals surface area (Å²) in [6.45, 7) is 2.36. The number of esters is 2. The van der Waals surface area contributed by atoms with Gasteiger partial charge in [-0.25, -0.2) is 4.57 Å². The van der Waals surface area contributed by atoms with Crippen LogP contribution in [-0.4, -0.2) is 65.7 Å². The van der Waals surface area contributed by atoms with Gasteiger partial charge in [0.25, 0.3) is 0 Å². The summed E-state index contributed by atoms with van der Waals surface area (Å²) in [6, 6.07) is 0. The molecule has 0 aromatic rings. The van der Waals surface area contributed by atoms with E-state index in [-0.39, 0.29) is 19.4 Å². The Bertz CT molecular complexity index is 972. The number of hydrogen-bond acceptors (Lipinski definition) is 9. The molecule has 0 aromatic heterocycles. The van der Waals surface area contributed by atoms with E-state index >= 15 is 0 Å². The standard InChI is InChI=1S/C44H83O10P/c1-3-5-7-9-11-13-15-17-19-20-22-24-26-28-30-32-34-36-44(48)54-42(40-53-55(49,50)52-38-41(46)37-45)39-51-43(47)35-33-31-29-27-25-23-21-18-16-14-12-10-8-6-4-2/h12,14,18,21,41-42,45-46H,3-11,13,15-17,19-20,22-40H2,1-2H3,(H,49,50)/b14-12+,21-18+/t41-,42+/m0/s1. The predicted octanol–water partition coefficient (Wildman–Crippen LogP) is 11.8. The summed E-state index contributed by atoms with van der Waals surface area (Å²) in [7, 11) is -4.62. The third kappa shape index (κ3) is 40.4. The molecule has 0 spiro atoms. The Hall–Kier alpha value is -1.55. The SMILES string of the molecule is CCCCC/C=C/C/C=C/CCCCCCCC(=O)OC[C@H](COP(=O)(O)OC[C@@H](O)CO)OC(=O)CCCCCCCCCCCCCCCCCCC. The quantitative estimate of drug-likeness (QED) is 0.0236. The number of carbonyl (C=O) groups is 2. The fraction of sp³-hybridized carbons (Fsp3) is 0.864. The largest absolute Gasteiger partial charge is 0.472 e. The van der Waals surface area contributed by atoms with Crippen LogP contribution in [0.3, 0.4) is 0 Å². The zero-order chi connectivity index (χ0) is 40.5. The molecule has 0 bridgehead atoms. The first-order chi connectivity index (χ1) is 26.7. The highest BCUT2D eigenvalue weighted by Gasteiger charge is 2.27. The number of aliphatic hydroxyl groups excluding tert-OH is 2. The molecule has 324 valence electrons. The molecule has 55 heavy (non-hydrogen) atoms. The van der Waals surface area contributed by atoms with Gasteiger partial charge in [0, 0.05) is 12.8 Å². The summed E-state index contributed by atoms with van der Waals surface area (Å²) in [4.78, 5) is 35.0. The van der Waals surface area contributed by atoms with Crippen LogP contribution in [-0.2, 0) is 32.7 Å². The molecule has 3 N–H and O–H groups in total. The smallest absolute Gasteiger partial charge is 0.462 e. The van der Waals surface area contributed by atoms with Crippen molar-refractivity contribution in [2.75, 3.05) is 26.4 Å². The first-order valence-electron chi connectivity index (χ1n) is 22.3. The van der Waals surface area contributed by atoms with E-state index < -0.39 is 51.8 Å². The van der Waals surface area contributed by atoms with Gasteiger partial charge >= 0.3 is 19.8 Å². The van der Waals surface area contributed by atoms with Gasteiger partial charge in [-0.15, -0.1) is 0 Å². The number of carbonyl (C=O) groups excluding carboxylic acids is 2. The molecule has 0 radical (unpaired) electrons. The maximum Gasteiger partial charge on any atom is 0.472 e. The van der Waals surface area contributed by atoms with Crippen molar-refractivity contribution in [3.05, 3.63) is 24.3 Å². The number of rotatable bonds is 42. The van der Waals surface area contributed by atoms with Gasteiger partial charge in [0.05, 0.1) is 19.8 Å². The van der Waals surface area contributed by atoms with Crippen LogP contribution in [0, 0.1) is 0 Å². The van der Waals surface area contributed by atoms with Crippen molar-refractivity contribution in [2.45, 2.75) is 219 Å². The minimum atomic E-state index is -4.62. The lowest BCUT2D eigenvalue weighted by atomic mass is 10.0. The van der Waals surface area contributed by atoms with Crippen molar-refractivity contribution < 1.29 is 47.8 Å². The van der Waals surface area contributed by atoms with E-state index in [0.717, 1.165) is 57.8 Å². The molecule has 0 aliphatic carbocycles. The topological polar surface area (TPSA) is 149 Å². The molecule has 10 nitrogen and oxygen atoms in total. The molecule has 0 aromatic carbocycles. The van der Waals surface area contributed by atoms with Gasteiger partial charge in [-0.2, -0.15) is 0 Å². The Balaban J connectivity index is 4.27. The fourth-order valence-corrected chi connectivity index (χ4v) is 6.93.